The van der Waals surface area contributed by atoms with E-state index in [1.54, 1.807) is 17.5 Å². The summed E-state index contributed by atoms with van der Waals surface area (Å²) in [5.74, 6) is 0.701. The van der Waals surface area contributed by atoms with Crippen LogP contribution in [0.15, 0.2) is 84.8 Å². The molecule has 6 nitrogen and oxygen atoms in total. The van der Waals surface area contributed by atoms with Crippen LogP contribution < -0.4 is 10.5 Å². The van der Waals surface area contributed by atoms with Gasteiger partial charge in [0.05, 0.1) is 23.6 Å². The van der Waals surface area contributed by atoms with Gasteiger partial charge in [-0.2, -0.15) is 5.10 Å². The summed E-state index contributed by atoms with van der Waals surface area (Å²) in [7, 11) is 0. The first-order valence-electron chi connectivity index (χ1n) is 11.1. The van der Waals surface area contributed by atoms with E-state index in [1.165, 1.54) is 15.6 Å². The van der Waals surface area contributed by atoms with E-state index in [-0.39, 0.29) is 6.04 Å². The number of nitrogens with zero attached hydrogens (tertiary/aromatic N) is 2. The number of ether oxygens (including phenoxy) is 1. The van der Waals surface area contributed by atoms with E-state index in [0.29, 0.717) is 12.4 Å². The molecule has 0 radical (unpaired) electrons. The Balaban J connectivity index is 1.26. The van der Waals surface area contributed by atoms with Crippen LogP contribution in [0.1, 0.15) is 5.56 Å². The van der Waals surface area contributed by atoms with Crippen LogP contribution in [0.2, 0.25) is 0 Å². The molecule has 1 atom stereocenters. The first-order valence-corrected chi connectivity index (χ1v) is 12.0. The smallest absolute Gasteiger partial charge is 0.138 e. The summed E-state index contributed by atoms with van der Waals surface area (Å²) in [6.07, 6.45) is 8.22. The van der Waals surface area contributed by atoms with Gasteiger partial charge in [-0.1, -0.05) is 24.3 Å². The van der Waals surface area contributed by atoms with E-state index >= 15 is 0 Å². The van der Waals surface area contributed by atoms with Crippen molar-refractivity contribution in [2.45, 2.75) is 12.5 Å². The minimum atomic E-state index is -0.118. The normalized spacial score (nSPS) is 12.4. The zero-order chi connectivity index (χ0) is 22.9. The molecule has 6 aromatic rings. The molecule has 0 saturated carbocycles. The summed E-state index contributed by atoms with van der Waals surface area (Å²) in [6.45, 7) is 0.412. The average Bonchev–Trinajstić information content (AvgIpc) is 3.63. The highest BCUT2D eigenvalue weighted by atomic mass is 32.1. The topological polar surface area (TPSA) is 92.6 Å². The summed E-state index contributed by atoms with van der Waals surface area (Å²) in [4.78, 5) is 7.87. The van der Waals surface area contributed by atoms with Gasteiger partial charge in [0, 0.05) is 39.6 Å². The molecular weight excluding hydrogens is 442 g/mol. The standard InChI is InChI=1S/C27H23N5OS/c28-21(10-20-16-34-26-4-2-1-3-23(20)26)15-33-22-11-24(27(30-14-22)18-7-8-29-12-18)17-5-6-25-19(9-17)13-31-32-25/h1-9,11-14,16,21,29H,10,15,28H2,(H,31,32)/t21-/m0/s1. The molecule has 0 fully saturated rings. The van der Waals surface area contributed by atoms with Crippen molar-refractivity contribution >= 4 is 32.3 Å². The Morgan fingerprint density at radius 3 is 2.88 bits per heavy atom. The highest BCUT2D eigenvalue weighted by Crippen LogP contribution is 2.34. The second kappa shape index (κ2) is 8.78. The number of thiophene rings is 1. The van der Waals surface area contributed by atoms with Gasteiger partial charge in [0.1, 0.15) is 12.4 Å². The number of H-pyrrole nitrogens is 2. The van der Waals surface area contributed by atoms with Gasteiger partial charge in [0.15, 0.2) is 0 Å². The van der Waals surface area contributed by atoms with Crippen LogP contribution >= 0.6 is 11.3 Å². The van der Waals surface area contributed by atoms with Crippen LogP contribution in [0.4, 0.5) is 0 Å². The lowest BCUT2D eigenvalue weighted by atomic mass is 9.99. The fourth-order valence-electron chi connectivity index (χ4n) is 4.29. The summed E-state index contributed by atoms with van der Waals surface area (Å²) in [5.41, 5.74) is 12.7. The van der Waals surface area contributed by atoms with Crippen molar-refractivity contribution < 1.29 is 4.74 Å². The number of nitrogens with two attached hydrogens (primary N) is 1. The van der Waals surface area contributed by atoms with Gasteiger partial charge in [-0.25, -0.2) is 0 Å². The lowest BCUT2D eigenvalue weighted by Crippen LogP contribution is -2.30. The van der Waals surface area contributed by atoms with Gasteiger partial charge in [0.25, 0.3) is 0 Å². The number of hydrogen-bond donors (Lipinski definition) is 3. The van der Waals surface area contributed by atoms with Crippen molar-refractivity contribution in [1.82, 2.24) is 20.2 Å². The predicted octanol–water partition coefficient (Wildman–Crippen LogP) is 5.78. The average molecular weight is 466 g/mol. The number of aromatic nitrogens is 4. The Bertz CT molecular complexity index is 1570. The molecule has 0 amide bonds. The van der Waals surface area contributed by atoms with Crippen molar-refractivity contribution in [2.75, 3.05) is 6.61 Å². The Morgan fingerprint density at radius 1 is 1.03 bits per heavy atom. The summed E-state index contributed by atoms with van der Waals surface area (Å²) < 4.78 is 7.41. The molecule has 0 spiro atoms. The second-order valence-electron chi connectivity index (χ2n) is 8.37. The minimum Gasteiger partial charge on any atom is -0.490 e. The maximum Gasteiger partial charge on any atom is 0.138 e. The van der Waals surface area contributed by atoms with Gasteiger partial charge < -0.3 is 15.5 Å². The maximum absolute atomic E-state index is 6.46. The zero-order valence-corrected chi connectivity index (χ0v) is 19.2. The van der Waals surface area contributed by atoms with Gasteiger partial charge in [-0.3, -0.25) is 10.1 Å². The third-order valence-corrected chi connectivity index (χ3v) is 7.00. The Kier molecular flexibility index (Phi) is 5.33. The SMILES string of the molecule is N[C@H](COc1cnc(-c2cc[nH]c2)c(-c2ccc3[nH]ncc3c2)c1)Cc1csc2ccccc12. The minimum absolute atomic E-state index is 0.118. The lowest BCUT2D eigenvalue weighted by Gasteiger charge is -2.15. The first kappa shape index (κ1) is 20.7. The third-order valence-electron chi connectivity index (χ3n) is 5.99. The number of benzene rings is 2. The third kappa shape index (κ3) is 3.96. The molecule has 34 heavy (non-hydrogen) atoms. The van der Waals surface area contributed by atoms with Gasteiger partial charge in [0.2, 0.25) is 0 Å². The van der Waals surface area contributed by atoms with Crippen molar-refractivity contribution in [3.63, 3.8) is 0 Å². The molecule has 0 aliphatic heterocycles. The molecular formula is C27H23N5OS. The van der Waals surface area contributed by atoms with E-state index in [9.17, 15) is 0 Å². The summed E-state index contributed by atoms with van der Waals surface area (Å²) >= 11 is 1.76. The fraction of sp³-hybridized carbons (Fsp3) is 0.111. The van der Waals surface area contributed by atoms with Crippen LogP contribution in [0.3, 0.4) is 0 Å². The molecule has 4 N–H and O–H groups in total. The van der Waals surface area contributed by atoms with E-state index in [1.807, 2.05) is 36.8 Å². The maximum atomic E-state index is 6.46. The Labute approximate surface area is 200 Å². The van der Waals surface area contributed by atoms with Gasteiger partial charge >= 0.3 is 0 Å². The largest absolute Gasteiger partial charge is 0.490 e. The number of rotatable bonds is 7. The van der Waals surface area contributed by atoms with Gasteiger partial charge in [-0.15, -0.1) is 11.3 Å². The van der Waals surface area contributed by atoms with Crippen LogP contribution in [0.5, 0.6) is 5.75 Å². The van der Waals surface area contributed by atoms with Crippen LogP contribution in [0.25, 0.3) is 43.4 Å². The highest BCUT2D eigenvalue weighted by molar-refractivity contribution is 7.17. The van der Waals surface area contributed by atoms with Crippen molar-refractivity contribution in [1.29, 1.82) is 0 Å². The zero-order valence-electron chi connectivity index (χ0n) is 18.4. The highest BCUT2D eigenvalue weighted by Gasteiger charge is 2.14. The van der Waals surface area contributed by atoms with Crippen molar-refractivity contribution in [2.24, 2.45) is 5.73 Å². The molecule has 0 bridgehead atoms. The van der Waals surface area contributed by atoms with Crippen molar-refractivity contribution in [3.8, 4) is 28.1 Å². The summed E-state index contributed by atoms with van der Waals surface area (Å²) in [5, 5.41) is 11.7. The molecule has 0 saturated heterocycles. The van der Waals surface area contributed by atoms with Crippen LogP contribution in [0, 0.1) is 0 Å². The number of aromatic amines is 2. The van der Waals surface area contributed by atoms with E-state index in [4.69, 9.17) is 15.5 Å². The monoisotopic (exact) mass is 465 g/mol. The Morgan fingerprint density at radius 2 is 1.97 bits per heavy atom. The van der Waals surface area contributed by atoms with Crippen LogP contribution in [-0.4, -0.2) is 32.8 Å². The molecule has 0 aliphatic carbocycles. The number of hydrogen-bond acceptors (Lipinski definition) is 5. The predicted molar refractivity (Wildman–Crippen MR) is 138 cm³/mol. The lowest BCUT2D eigenvalue weighted by molar-refractivity contribution is 0.287. The van der Waals surface area contributed by atoms with Crippen molar-refractivity contribution in [3.05, 3.63) is 90.3 Å². The molecule has 4 aromatic heterocycles. The number of nitrogens with one attached hydrogen (secondary N) is 2. The summed E-state index contributed by atoms with van der Waals surface area (Å²) in [6, 6.07) is 18.6. The van der Waals surface area contributed by atoms with E-state index < -0.39 is 0 Å². The van der Waals surface area contributed by atoms with E-state index in [2.05, 4.69) is 57.0 Å². The molecule has 0 unspecified atom stereocenters. The molecule has 4 heterocycles. The van der Waals surface area contributed by atoms with E-state index in [0.717, 1.165) is 39.7 Å². The molecule has 2 aromatic carbocycles. The second-order valence-corrected chi connectivity index (χ2v) is 9.28. The molecule has 0 aliphatic rings. The van der Waals surface area contributed by atoms with Gasteiger partial charge in [-0.05, 0) is 58.6 Å². The quantitative estimate of drug-likeness (QED) is 0.278. The van der Waals surface area contributed by atoms with Crippen LogP contribution in [-0.2, 0) is 6.42 Å². The molecule has 7 heteroatoms. The molecule has 6 rings (SSSR count). The number of fused-ring (bicyclic) bond motifs is 2. The number of pyridine rings is 1. The molecule has 168 valence electrons. The fourth-order valence-corrected chi connectivity index (χ4v) is 5.27. The first-order chi connectivity index (χ1) is 16.7. The Hall–Kier alpha value is -3.94.